The van der Waals surface area contributed by atoms with Crippen LogP contribution in [-0.2, 0) is 10.2 Å². The van der Waals surface area contributed by atoms with Gasteiger partial charge < -0.3 is 10.1 Å². The number of amides is 1. The Kier molecular flexibility index (Phi) is 5.50. The zero-order valence-corrected chi connectivity index (χ0v) is 16.8. The van der Waals surface area contributed by atoms with E-state index in [-0.39, 0.29) is 11.3 Å². The van der Waals surface area contributed by atoms with Crippen LogP contribution in [0.3, 0.4) is 0 Å². The van der Waals surface area contributed by atoms with E-state index in [4.69, 9.17) is 4.74 Å². The minimum atomic E-state index is -0.151. The van der Waals surface area contributed by atoms with E-state index in [1.165, 1.54) is 16.6 Å². The molecule has 3 aromatic rings. The first-order chi connectivity index (χ1) is 13.7. The third-order valence-electron chi connectivity index (χ3n) is 5.22. The molecule has 0 atom stereocenters. The summed E-state index contributed by atoms with van der Waals surface area (Å²) in [5, 5.41) is 14.4. The van der Waals surface area contributed by atoms with Crippen molar-refractivity contribution < 1.29 is 9.53 Å². The van der Waals surface area contributed by atoms with Gasteiger partial charge in [-0.2, -0.15) is 4.68 Å². The van der Waals surface area contributed by atoms with Gasteiger partial charge in [0.2, 0.25) is 0 Å². The molecule has 1 amide bonds. The van der Waals surface area contributed by atoms with Crippen LogP contribution < -0.4 is 5.32 Å². The minimum Gasteiger partial charge on any atom is -0.381 e. The van der Waals surface area contributed by atoms with Crippen molar-refractivity contribution in [3.63, 3.8) is 0 Å². The summed E-state index contributed by atoms with van der Waals surface area (Å²) < 4.78 is 8.11. The number of nitrogens with zero attached hydrogens (tertiary/aromatic N) is 4. The lowest BCUT2D eigenvalue weighted by molar-refractivity contribution is 0.0487. The molecule has 8 heteroatoms. The molecule has 1 saturated heterocycles. The Morgan fingerprint density at radius 2 is 2.00 bits per heavy atom. The molecule has 2 heterocycles. The van der Waals surface area contributed by atoms with Crippen molar-refractivity contribution >= 4 is 21.8 Å². The average molecular weight is 442 g/mol. The topological polar surface area (TPSA) is 81.9 Å². The number of halogens is 1. The smallest absolute Gasteiger partial charge is 0.253 e. The molecule has 7 nitrogen and oxygen atoms in total. The fourth-order valence-electron chi connectivity index (χ4n) is 3.63. The van der Waals surface area contributed by atoms with Crippen LogP contribution in [0.15, 0.2) is 59.3 Å². The summed E-state index contributed by atoms with van der Waals surface area (Å²) in [6.07, 6.45) is 3.20. The Labute approximate surface area is 171 Å². The molecular formula is C20H20BrN5O2. The number of carbonyl (C=O) groups excluding carboxylic acids is 1. The second-order valence-corrected chi connectivity index (χ2v) is 7.77. The average Bonchev–Trinajstić information content (AvgIpc) is 3.27. The van der Waals surface area contributed by atoms with Crippen LogP contribution in [-0.4, -0.2) is 45.9 Å². The lowest BCUT2D eigenvalue weighted by Crippen LogP contribution is -2.44. The second-order valence-electron chi connectivity index (χ2n) is 6.86. The highest BCUT2D eigenvalue weighted by Gasteiger charge is 2.35. The van der Waals surface area contributed by atoms with Gasteiger partial charge in [0.05, 0.1) is 11.3 Å². The molecule has 144 valence electrons. The number of rotatable bonds is 5. The highest BCUT2D eigenvalue weighted by atomic mass is 79.9. The Bertz CT molecular complexity index is 955. The van der Waals surface area contributed by atoms with Crippen molar-refractivity contribution in [2.45, 2.75) is 18.3 Å². The molecule has 0 unspecified atom stereocenters. The van der Waals surface area contributed by atoms with Crippen molar-refractivity contribution in [2.75, 3.05) is 19.8 Å². The van der Waals surface area contributed by atoms with Gasteiger partial charge in [0.25, 0.3) is 5.91 Å². The number of para-hydroxylation sites is 1. The number of hydrogen-bond donors (Lipinski definition) is 1. The van der Waals surface area contributed by atoms with E-state index in [0.717, 1.165) is 17.3 Å². The third-order valence-corrected chi connectivity index (χ3v) is 5.71. The summed E-state index contributed by atoms with van der Waals surface area (Å²) in [6.45, 7) is 1.91. The Morgan fingerprint density at radius 1 is 1.18 bits per heavy atom. The molecule has 1 aliphatic rings. The lowest BCUT2D eigenvalue weighted by atomic mass is 9.74. The van der Waals surface area contributed by atoms with E-state index < -0.39 is 0 Å². The van der Waals surface area contributed by atoms with Crippen LogP contribution in [0.4, 0.5) is 0 Å². The van der Waals surface area contributed by atoms with E-state index in [9.17, 15) is 4.79 Å². The Morgan fingerprint density at radius 3 is 2.75 bits per heavy atom. The van der Waals surface area contributed by atoms with Crippen LogP contribution in [0, 0.1) is 0 Å². The van der Waals surface area contributed by atoms with E-state index in [1.54, 1.807) is 6.07 Å². The number of benzene rings is 2. The molecule has 1 N–H and O–H groups in total. The summed E-state index contributed by atoms with van der Waals surface area (Å²) >= 11 is 3.56. The largest absolute Gasteiger partial charge is 0.381 e. The number of nitrogens with one attached hydrogen (secondary N) is 1. The summed E-state index contributed by atoms with van der Waals surface area (Å²) in [4.78, 5) is 13.0. The fourth-order valence-corrected chi connectivity index (χ4v) is 4.03. The van der Waals surface area contributed by atoms with Crippen LogP contribution in [0.25, 0.3) is 5.69 Å². The first-order valence-electron chi connectivity index (χ1n) is 9.12. The maximum Gasteiger partial charge on any atom is 0.253 e. The van der Waals surface area contributed by atoms with Gasteiger partial charge in [0.1, 0.15) is 6.33 Å². The molecular weight excluding hydrogens is 422 g/mol. The van der Waals surface area contributed by atoms with Crippen molar-refractivity contribution in [2.24, 2.45) is 0 Å². The normalized spacial score (nSPS) is 15.9. The molecule has 0 saturated carbocycles. The SMILES string of the molecule is O=C(NCC1(c2cccc(Br)c2)CCOCC1)c1ccccc1-n1cnnn1. The predicted octanol–water partition coefficient (Wildman–Crippen LogP) is 2.90. The van der Waals surface area contributed by atoms with E-state index in [0.29, 0.717) is 31.0 Å². The number of carbonyl (C=O) groups is 1. The molecule has 0 aliphatic carbocycles. The van der Waals surface area contributed by atoms with Gasteiger partial charge in [-0.05, 0) is 53.1 Å². The van der Waals surface area contributed by atoms with E-state index in [1.807, 2.05) is 30.3 Å². The molecule has 1 aliphatic heterocycles. The van der Waals surface area contributed by atoms with Gasteiger partial charge in [0, 0.05) is 29.6 Å². The summed E-state index contributed by atoms with van der Waals surface area (Å²) in [5.41, 5.74) is 2.24. The zero-order valence-electron chi connectivity index (χ0n) is 15.2. The minimum absolute atomic E-state index is 0.146. The molecule has 1 fully saturated rings. The molecule has 4 rings (SSSR count). The number of tetrazole rings is 1. The molecule has 0 radical (unpaired) electrons. The second kappa shape index (κ2) is 8.20. The van der Waals surface area contributed by atoms with Gasteiger partial charge in [-0.3, -0.25) is 4.79 Å². The zero-order chi connectivity index (χ0) is 19.4. The highest BCUT2D eigenvalue weighted by Crippen LogP contribution is 2.35. The van der Waals surface area contributed by atoms with Crippen molar-refractivity contribution in [1.82, 2.24) is 25.5 Å². The van der Waals surface area contributed by atoms with Crippen molar-refractivity contribution in [1.29, 1.82) is 0 Å². The predicted molar refractivity (Wildman–Crippen MR) is 107 cm³/mol. The number of aromatic nitrogens is 4. The van der Waals surface area contributed by atoms with Crippen LogP contribution >= 0.6 is 15.9 Å². The van der Waals surface area contributed by atoms with Crippen LogP contribution in [0.2, 0.25) is 0 Å². The summed E-state index contributed by atoms with van der Waals surface area (Å²) in [7, 11) is 0. The standard InChI is InChI=1S/C20H20BrN5O2/c21-16-5-3-4-15(12-16)20(8-10-28-11-9-20)13-22-19(27)17-6-1-2-7-18(17)26-14-23-24-25-26/h1-7,12,14H,8-11,13H2,(H,22,27). The number of ether oxygens (including phenoxy) is 1. The summed E-state index contributed by atoms with van der Waals surface area (Å²) in [6, 6.07) is 15.6. The van der Waals surface area contributed by atoms with Gasteiger partial charge in [0.15, 0.2) is 0 Å². The fraction of sp³-hybridized carbons (Fsp3) is 0.300. The van der Waals surface area contributed by atoms with Gasteiger partial charge in [-0.15, -0.1) is 5.10 Å². The molecule has 2 aromatic carbocycles. The maximum atomic E-state index is 13.0. The van der Waals surface area contributed by atoms with Gasteiger partial charge in [-0.25, -0.2) is 0 Å². The third kappa shape index (κ3) is 3.83. The van der Waals surface area contributed by atoms with Crippen LogP contribution in [0.5, 0.6) is 0 Å². The van der Waals surface area contributed by atoms with Crippen LogP contribution in [0.1, 0.15) is 28.8 Å². The van der Waals surface area contributed by atoms with Gasteiger partial charge >= 0.3 is 0 Å². The molecule has 1 aromatic heterocycles. The Hall–Kier alpha value is -2.58. The first-order valence-corrected chi connectivity index (χ1v) is 9.92. The van der Waals surface area contributed by atoms with Gasteiger partial charge in [-0.1, -0.05) is 40.2 Å². The Balaban J connectivity index is 1.58. The maximum absolute atomic E-state index is 13.0. The monoisotopic (exact) mass is 441 g/mol. The van der Waals surface area contributed by atoms with Crippen molar-refractivity contribution in [3.05, 3.63) is 70.5 Å². The highest BCUT2D eigenvalue weighted by molar-refractivity contribution is 9.10. The summed E-state index contributed by atoms with van der Waals surface area (Å²) in [5.74, 6) is -0.146. The van der Waals surface area contributed by atoms with Crippen molar-refractivity contribution in [3.8, 4) is 5.69 Å². The number of hydrogen-bond acceptors (Lipinski definition) is 5. The molecule has 28 heavy (non-hydrogen) atoms. The van der Waals surface area contributed by atoms with E-state index >= 15 is 0 Å². The quantitative estimate of drug-likeness (QED) is 0.657. The van der Waals surface area contributed by atoms with E-state index in [2.05, 4.69) is 48.9 Å². The first kappa shape index (κ1) is 18.8. The molecule has 0 spiro atoms. The lowest BCUT2D eigenvalue weighted by Gasteiger charge is -2.38. The molecule has 0 bridgehead atoms.